The Morgan fingerprint density at radius 1 is 1.23 bits per heavy atom. The van der Waals surface area contributed by atoms with Crippen molar-refractivity contribution < 1.29 is 14.6 Å². The predicted octanol–water partition coefficient (Wildman–Crippen LogP) is 3.57. The molecule has 2 N–H and O–H groups in total. The van der Waals surface area contributed by atoms with Gasteiger partial charge in [-0.25, -0.2) is 4.98 Å². The molecule has 1 aliphatic carbocycles. The molecule has 35 heavy (non-hydrogen) atoms. The number of amides is 1. The molecule has 0 spiro atoms. The van der Waals surface area contributed by atoms with E-state index in [1.807, 2.05) is 18.2 Å². The summed E-state index contributed by atoms with van der Waals surface area (Å²) in [5.41, 5.74) is 1.08. The number of carbonyl (C=O) groups excluding carboxylic acids is 1. The minimum atomic E-state index is -1.28. The van der Waals surface area contributed by atoms with E-state index >= 15 is 0 Å². The summed E-state index contributed by atoms with van der Waals surface area (Å²) in [6.45, 7) is 3.11. The quantitative estimate of drug-likeness (QED) is 0.300. The maximum atomic E-state index is 13.1. The normalized spacial score (nSPS) is 13.7. The Hall–Kier alpha value is -3.56. The Kier molecular flexibility index (Phi) is 5.69. The summed E-state index contributed by atoms with van der Waals surface area (Å²) in [6.07, 6.45) is 6.35. The van der Waals surface area contributed by atoms with Crippen LogP contribution in [0.5, 0.6) is 0 Å². The fourth-order valence-corrected chi connectivity index (χ4v) is 4.50. The van der Waals surface area contributed by atoms with Crippen molar-refractivity contribution >= 4 is 32.9 Å². The van der Waals surface area contributed by atoms with Gasteiger partial charge in [-0.3, -0.25) is 9.59 Å². The fourth-order valence-electron chi connectivity index (χ4n) is 4.01. The molecule has 1 saturated carbocycles. The number of aromatic nitrogens is 3. The van der Waals surface area contributed by atoms with Crippen LogP contribution in [-0.2, 0) is 5.60 Å². The minimum absolute atomic E-state index is 0.0471. The summed E-state index contributed by atoms with van der Waals surface area (Å²) in [6, 6.07) is 12.4. The van der Waals surface area contributed by atoms with Crippen molar-refractivity contribution in [1.29, 1.82) is 0 Å². The third-order valence-electron chi connectivity index (χ3n) is 5.95. The van der Waals surface area contributed by atoms with E-state index < -0.39 is 11.5 Å². The van der Waals surface area contributed by atoms with Crippen LogP contribution in [0.2, 0.25) is 0 Å². The van der Waals surface area contributed by atoms with E-state index in [1.54, 1.807) is 48.9 Å². The summed E-state index contributed by atoms with van der Waals surface area (Å²) >= 11 is 3.54. The number of nitrogens with one attached hydrogen (secondary N) is 1. The van der Waals surface area contributed by atoms with Gasteiger partial charge in [-0.05, 0) is 68.7 Å². The lowest BCUT2D eigenvalue weighted by Crippen LogP contribution is -2.39. The topological polar surface area (TPSA) is 111 Å². The van der Waals surface area contributed by atoms with Gasteiger partial charge in [0.25, 0.3) is 5.91 Å². The molecule has 8 nitrogen and oxygen atoms in total. The zero-order chi connectivity index (χ0) is 24.9. The molecule has 178 valence electrons. The Balaban J connectivity index is 1.67. The highest BCUT2D eigenvalue weighted by Crippen LogP contribution is 2.29. The molecule has 0 unspecified atom stereocenters. The first-order chi connectivity index (χ1) is 16.6. The summed E-state index contributed by atoms with van der Waals surface area (Å²) < 4.78 is 3.11. The molecular weight excluding hydrogens is 512 g/mol. The number of carbonyl (C=O) groups is 1. The molecule has 0 saturated heterocycles. The zero-order valence-electron chi connectivity index (χ0n) is 19.2. The number of aliphatic hydroxyl groups is 1. The van der Waals surface area contributed by atoms with Gasteiger partial charge >= 0.3 is 0 Å². The standard InChI is InChI=1S/C26H23BrN4O4/c1-26(2,34)22-8-5-15(13-31(22)35)16-10-17(27)12-19(11-16)30-14-21(25(33)29-18-6-7-18)23(32)20-4-3-9-28-24(20)30/h3-5,8-14,18,34H,6-7H2,1-2H3,(H,29,33). The van der Waals surface area contributed by atoms with Crippen LogP contribution in [-0.4, -0.2) is 26.6 Å². The lowest BCUT2D eigenvalue weighted by atomic mass is 10.0. The van der Waals surface area contributed by atoms with Gasteiger partial charge in [0.15, 0.2) is 6.20 Å². The second-order valence-electron chi connectivity index (χ2n) is 9.25. The van der Waals surface area contributed by atoms with Crippen LogP contribution < -0.4 is 15.5 Å². The monoisotopic (exact) mass is 534 g/mol. The van der Waals surface area contributed by atoms with Gasteiger partial charge in [0.05, 0.1) is 5.39 Å². The van der Waals surface area contributed by atoms with Crippen LogP contribution in [0.15, 0.2) is 70.3 Å². The summed E-state index contributed by atoms with van der Waals surface area (Å²) in [7, 11) is 0. The minimum Gasteiger partial charge on any atom is -0.618 e. The average Bonchev–Trinajstić information content (AvgIpc) is 3.62. The molecule has 0 radical (unpaired) electrons. The van der Waals surface area contributed by atoms with Crippen molar-refractivity contribution in [2.45, 2.75) is 38.3 Å². The van der Waals surface area contributed by atoms with Gasteiger partial charge in [-0.15, -0.1) is 0 Å². The highest BCUT2D eigenvalue weighted by atomic mass is 79.9. The predicted molar refractivity (Wildman–Crippen MR) is 135 cm³/mol. The molecule has 1 fully saturated rings. The molecule has 0 atom stereocenters. The van der Waals surface area contributed by atoms with Gasteiger partial charge in [0, 0.05) is 40.2 Å². The number of rotatable bonds is 5. The summed E-state index contributed by atoms with van der Waals surface area (Å²) in [5.74, 6) is -0.401. The van der Waals surface area contributed by atoms with Gasteiger partial charge < -0.3 is 20.2 Å². The highest BCUT2D eigenvalue weighted by molar-refractivity contribution is 9.10. The van der Waals surface area contributed by atoms with Crippen molar-refractivity contribution in [3.05, 3.63) is 92.2 Å². The molecule has 0 bridgehead atoms. The number of benzene rings is 1. The van der Waals surface area contributed by atoms with Crippen molar-refractivity contribution in [2.24, 2.45) is 0 Å². The van der Waals surface area contributed by atoms with Gasteiger partial charge in [-0.2, -0.15) is 4.73 Å². The third kappa shape index (κ3) is 4.56. The third-order valence-corrected chi connectivity index (χ3v) is 6.41. The number of halogens is 1. The first-order valence-electron chi connectivity index (χ1n) is 11.2. The van der Waals surface area contributed by atoms with Crippen LogP contribution in [0.4, 0.5) is 0 Å². The number of hydrogen-bond donors (Lipinski definition) is 2. The molecule has 5 rings (SSSR count). The van der Waals surface area contributed by atoms with Gasteiger partial charge in [0.1, 0.15) is 16.8 Å². The Morgan fingerprint density at radius 2 is 2.00 bits per heavy atom. The molecule has 4 aromatic rings. The number of nitrogens with zero attached hydrogens (tertiary/aromatic N) is 3. The van der Waals surface area contributed by atoms with Crippen molar-refractivity contribution in [3.63, 3.8) is 0 Å². The second-order valence-corrected chi connectivity index (χ2v) is 10.2. The maximum Gasteiger partial charge on any atom is 0.257 e. The van der Waals surface area contributed by atoms with E-state index in [-0.39, 0.29) is 22.7 Å². The van der Waals surface area contributed by atoms with Crippen LogP contribution in [0.3, 0.4) is 0 Å². The average molecular weight is 535 g/mol. The first-order valence-corrected chi connectivity index (χ1v) is 12.0. The smallest absolute Gasteiger partial charge is 0.257 e. The largest absolute Gasteiger partial charge is 0.618 e. The molecule has 3 aromatic heterocycles. The molecular formula is C26H23BrN4O4. The lowest BCUT2D eigenvalue weighted by molar-refractivity contribution is -0.621. The van der Waals surface area contributed by atoms with E-state index in [9.17, 15) is 19.9 Å². The number of pyridine rings is 3. The SMILES string of the molecule is CC(C)(O)c1ccc(-c2cc(Br)cc(-n3cc(C(=O)NC4CC4)c(=O)c4cccnc43)c2)c[n+]1[O-]. The Labute approximate surface area is 209 Å². The summed E-state index contributed by atoms with van der Waals surface area (Å²) in [5, 5.41) is 26.0. The van der Waals surface area contributed by atoms with Crippen molar-refractivity contribution in [3.8, 4) is 16.8 Å². The van der Waals surface area contributed by atoms with Crippen molar-refractivity contribution in [1.82, 2.24) is 14.9 Å². The van der Waals surface area contributed by atoms with Crippen LogP contribution in [0.1, 0.15) is 42.7 Å². The Morgan fingerprint density at radius 3 is 2.69 bits per heavy atom. The van der Waals surface area contributed by atoms with E-state index in [2.05, 4.69) is 26.2 Å². The van der Waals surface area contributed by atoms with Crippen LogP contribution in [0, 0.1) is 5.21 Å². The van der Waals surface area contributed by atoms with E-state index in [0.29, 0.717) is 27.0 Å². The summed E-state index contributed by atoms with van der Waals surface area (Å²) in [4.78, 5) is 30.3. The molecule has 1 aliphatic rings. The molecule has 1 amide bonds. The maximum absolute atomic E-state index is 13.1. The van der Waals surface area contributed by atoms with Gasteiger partial charge in [-0.1, -0.05) is 15.9 Å². The lowest BCUT2D eigenvalue weighted by Gasteiger charge is -2.17. The number of hydrogen-bond acceptors (Lipinski definition) is 5. The van der Waals surface area contributed by atoms with E-state index in [0.717, 1.165) is 22.9 Å². The zero-order valence-corrected chi connectivity index (χ0v) is 20.7. The van der Waals surface area contributed by atoms with Gasteiger partial charge in [0.2, 0.25) is 11.1 Å². The first kappa shape index (κ1) is 23.2. The van der Waals surface area contributed by atoms with Crippen LogP contribution in [0.25, 0.3) is 27.8 Å². The van der Waals surface area contributed by atoms with Crippen LogP contribution >= 0.6 is 15.9 Å². The number of fused-ring (bicyclic) bond motifs is 1. The second kappa shape index (κ2) is 8.58. The molecule has 9 heteroatoms. The Bertz CT molecular complexity index is 1540. The molecule has 0 aliphatic heterocycles. The highest BCUT2D eigenvalue weighted by Gasteiger charge is 2.27. The van der Waals surface area contributed by atoms with Crippen molar-refractivity contribution in [2.75, 3.05) is 0 Å². The van der Waals surface area contributed by atoms with E-state index in [4.69, 9.17) is 0 Å². The van der Waals surface area contributed by atoms with E-state index in [1.165, 1.54) is 12.4 Å². The molecule has 1 aromatic carbocycles. The fraction of sp³-hybridized carbons (Fsp3) is 0.231. The molecule has 3 heterocycles.